The fourth-order valence-corrected chi connectivity index (χ4v) is 2.05. The van der Waals surface area contributed by atoms with Gasteiger partial charge in [-0.15, -0.1) is 0 Å². The van der Waals surface area contributed by atoms with Crippen molar-refractivity contribution >= 4 is 5.97 Å². The Morgan fingerprint density at radius 3 is 2.04 bits per heavy atom. The average molecular weight is 406 g/mol. The van der Waals surface area contributed by atoms with Gasteiger partial charge in [0.1, 0.15) is 0 Å². The molecule has 3 heteroatoms. The van der Waals surface area contributed by atoms with E-state index >= 15 is 0 Å². The summed E-state index contributed by atoms with van der Waals surface area (Å²) in [5, 5.41) is 0. The molecule has 0 saturated heterocycles. The van der Waals surface area contributed by atoms with Gasteiger partial charge in [-0.2, -0.15) is 35.9 Å². The van der Waals surface area contributed by atoms with Crippen LogP contribution >= 0.6 is 0 Å². The van der Waals surface area contributed by atoms with Crippen LogP contribution in [0.1, 0.15) is 31.9 Å². The minimum absolute atomic E-state index is 0. The molecule has 0 bridgehead atoms. The van der Waals surface area contributed by atoms with Crippen LogP contribution in [0.25, 0.3) is 0 Å². The monoisotopic (exact) mass is 406 g/mol. The maximum Gasteiger partial charge on any atom is 2.00 e. The molecule has 0 saturated carbocycles. The van der Waals surface area contributed by atoms with Crippen LogP contribution in [0, 0.1) is 5.92 Å². The van der Waals surface area contributed by atoms with Crippen molar-refractivity contribution in [3.63, 3.8) is 0 Å². The van der Waals surface area contributed by atoms with E-state index in [2.05, 4.69) is 31.2 Å². The summed E-state index contributed by atoms with van der Waals surface area (Å²) >= 11 is 0. The second-order valence-electron chi connectivity index (χ2n) is 6.17. The first kappa shape index (κ1) is 24.9. The first-order chi connectivity index (χ1) is 12.6. The van der Waals surface area contributed by atoms with Crippen molar-refractivity contribution in [3.05, 3.63) is 96.1 Å². The number of carbonyl (C=O) groups excluding carboxylic acids is 1. The quantitative estimate of drug-likeness (QED) is 0.304. The molecule has 146 valence electrons. The van der Waals surface area contributed by atoms with Gasteiger partial charge >= 0.3 is 23.0 Å². The molecule has 0 unspecified atom stereocenters. The minimum atomic E-state index is -0.119. The summed E-state index contributed by atoms with van der Waals surface area (Å²) in [6.45, 7) is 6.33. The van der Waals surface area contributed by atoms with Gasteiger partial charge in [-0.1, -0.05) is 51.1 Å². The number of carbonyl (C=O) groups is 1. The summed E-state index contributed by atoms with van der Waals surface area (Å²) in [6, 6.07) is 28.5. The first-order valence-electron chi connectivity index (χ1n) is 9.21. The summed E-state index contributed by atoms with van der Waals surface area (Å²) in [7, 11) is 0. The Morgan fingerprint density at radius 2 is 1.63 bits per heavy atom. The molecule has 0 spiro atoms. The van der Waals surface area contributed by atoms with E-state index in [1.165, 1.54) is 11.1 Å². The molecule has 3 rings (SSSR count). The smallest absolute Gasteiger partial charge is 0.465 e. The van der Waals surface area contributed by atoms with Gasteiger partial charge < -0.3 is 4.74 Å². The van der Waals surface area contributed by atoms with Gasteiger partial charge in [0, 0.05) is 0 Å². The van der Waals surface area contributed by atoms with Crippen LogP contribution in [0.5, 0.6) is 0 Å². The van der Waals surface area contributed by atoms with Gasteiger partial charge in [-0.3, -0.25) is 4.79 Å². The van der Waals surface area contributed by atoms with E-state index in [1.807, 2.05) is 74.5 Å². The fourth-order valence-electron chi connectivity index (χ4n) is 2.05. The van der Waals surface area contributed by atoms with Crippen LogP contribution in [0.3, 0.4) is 0 Å². The number of aryl methyl sites for hydroxylation is 1. The Morgan fingerprint density at radius 1 is 0.963 bits per heavy atom. The van der Waals surface area contributed by atoms with Gasteiger partial charge in [-0.05, 0) is 18.4 Å². The van der Waals surface area contributed by atoms with Gasteiger partial charge in [0.15, 0.2) is 0 Å². The number of hydrogen-bond acceptors (Lipinski definition) is 2. The summed E-state index contributed by atoms with van der Waals surface area (Å²) in [4.78, 5) is 11.0. The molecule has 2 nitrogen and oxygen atoms in total. The van der Waals surface area contributed by atoms with E-state index in [9.17, 15) is 4.79 Å². The molecule has 0 aromatic heterocycles. The van der Waals surface area contributed by atoms with Crippen LogP contribution in [0.4, 0.5) is 0 Å². The van der Waals surface area contributed by atoms with Crippen molar-refractivity contribution in [1.29, 1.82) is 0 Å². The van der Waals surface area contributed by atoms with Crippen molar-refractivity contribution in [2.75, 3.05) is 6.61 Å². The summed E-state index contributed by atoms with van der Waals surface area (Å²) in [6.07, 6.45) is 1.95. The molecule has 0 atom stereocenters. The van der Waals surface area contributed by atoms with Crippen LogP contribution in [0.2, 0.25) is 0 Å². The zero-order chi connectivity index (χ0) is 19.0. The molecule has 3 aromatic carbocycles. The third-order valence-corrected chi connectivity index (χ3v) is 3.64. The van der Waals surface area contributed by atoms with E-state index in [-0.39, 0.29) is 29.0 Å². The van der Waals surface area contributed by atoms with Crippen molar-refractivity contribution in [3.8, 4) is 0 Å². The Kier molecular flexibility index (Phi) is 14.9. The minimum Gasteiger partial charge on any atom is -0.465 e. The number of benzene rings is 1. The molecule has 0 aliphatic heterocycles. The third kappa shape index (κ3) is 12.8. The van der Waals surface area contributed by atoms with E-state index in [4.69, 9.17) is 4.74 Å². The first-order valence-corrected chi connectivity index (χ1v) is 9.21. The molecular weight excluding hydrogens is 376 g/mol. The van der Waals surface area contributed by atoms with Crippen molar-refractivity contribution in [2.24, 2.45) is 5.92 Å². The molecule has 3 aromatic rings. The van der Waals surface area contributed by atoms with E-state index in [0.29, 0.717) is 6.61 Å². The maximum atomic E-state index is 11.0. The maximum absolute atomic E-state index is 11.0. The molecule has 0 aliphatic rings. The Labute approximate surface area is 174 Å². The molecule has 0 radical (unpaired) electrons. The Hall–Kier alpha value is -2.09. The molecule has 0 heterocycles. The summed E-state index contributed by atoms with van der Waals surface area (Å²) < 4.78 is 5.04. The van der Waals surface area contributed by atoms with E-state index in [0.717, 1.165) is 12.8 Å². The fraction of sp³-hybridized carbons (Fsp3) is 0.292. The second-order valence-corrected chi connectivity index (χ2v) is 6.17. The number of hydrogen-bond donors (Lipinski definition) is 0. The number of ether oxygens (including phenoxy) is 1. The third-order valence-electron chi connectivity index (χ3n) is 3.64. The summed E-state index contributed by atoms with van der Waals surface area (Å²) in [5.74, 6) is -0.147. The average Bonchev–Trinajstić information content (AvgIpc) is 3.39. The second kappa shape index (κ2) is 16.1. The van der Waals surface area contributed by atoms with Crippen LogP contribution in [-0.4, -0.2) is 12.6 Å². The number of rotatable bonds is 5. The van der Waals surface area contributed by atoms with Gasteiger partial charge in [0.2, 0.25) is 0 Å². The molecule has 0 N–H and O–H groups in total. The predicted octanol–water partition coefficient (Wildman–Crippen LogP) is 5.80. The van der Waals surface area contributed by atoms with E-state index in [1.54, 1.807) is 0 Å². The molecule has 27 heavy (non-hydrogen) atoms. The topological polar surface area (TPSA) is 26.3 Å². The van der Waals surface area contributed by atoms with E-state index < -0.39 is 0 Å². The molecular formula is C24H30FeO2. The van der Waals surface area contributed by atoms with Crippen molar-refractivity contribution in [2.45, 2.75) is 33.6 Å². The van der Waals surface area contributed by atoms with Gasteiger partial charge in [0.05, 0.1) is 12.5 Å². The standard InChI is InChI=1S/C11H15O2.C8H10.C5H5.Fe/c1-9(2)11(12)13-8-7-10-5-3-4-6-10;1-2-8-6-4-3-5-7-8;1-2-4-5-3-1;/h3-6,9H,7-8H2,1-2H3;3-7H,2H2,1H3;1-5H;/q-1;;-1;+2. The van der Waals surface area contributed by atoms with Gasteiger partial charge in [0.25, 0.3) is 0 Å². The SMILES string of the molecule is CC(C)C(=O)OCCc1ccc[cH-]1.CCc1ccccc1.[Fe+2].c1cc[cH-]c1. The normalized spacial score (nSPS) is 9.19. The van der Waals surface area contributed by atoms with Crippen molar-refractivity contribution in [1.82, 2.24) is 0 Å². The van der Waals surface area contributed by atoms with Crippen LogP contribution in [0.15, 0.2) is 84.9 Å². The predicted molar refractivity (Wildman–Crippen MR) is 109 cm³/mol. The largest absolute Gasteiger partial charge is 2.00 e. The summed E-state index contributed by atoms with van der Waals surface area (Å²) in [5.41, 5.74) is 2.63. The zero-order valence-corrected chi connectivity index (χ0v) is 17.6. The van der Waals surface area contributed by atoms with Crippen molar-refractivity contribution < 1.29 is 26.6 Å². The van der Waals surface area contributed by atoms with Crippen LogP contribution < -0.4 is 0 Å². The zero-order valence-electron chi connectivity index (χ0n) is 16.5. The van der Waals surface area contributed by atoms with Crippen LogP contribution in [-0.2, 0) is 39.4 Å². The van der Waals surface area contributed by atoms with Gasteiger partial charge in [-0.25, -0.2) is 24.3 Å². The Balaban J connectivity index is 0.000000410. The molecule has 0 amide bonds. The molecule has 0 aliphatic carbocycles. The molecule has 0 fully saturated rings. The number of esters is 1. The Bertz CT molecular complexity index is 639.